The molecular weight excluding hydrogens is 805 g/mol. The first-order valence-electron chi connectivity index (χ1n) is 9.91. The van der Waals surface area contributed by atoms with Gasteiger partial charge < -0.3 is 9.47 Å². The van der Waals surface area contributed by atoms with Gasteiger partial charge in [0.25, 0.3) is 0 Å². The van der Waals surface area contributed by atoms with Crippen LogP contribution in [0.2, 0.25) is 0 Å². The highest BCUT2D eigenvalue weighted by Gasteiger charge is 2.18. The van der Waals surface area contributed by atoms with Crippen molar-refractivity contribution in [2.24, 2.45) is 0 Å². The van der Waals surface area contributed by atoms with Crippen LogP contribution < -0.4 is 9.47 Å². The number of rotatable bonds is 0. The molecule has 0 amide bonds. The van der Waals surface area contributed by atoms with Gasteiger partial charge in [0.2, 0.25) is 0 Å². The lowest BCUT2D eigenvalue weighted by Gasteiger charge is -2.17. The lowest BCUT2D eigenvalue weighted by atomic mass is 9.94. The summed E-state index contributed by atoms with van der Waals surface area (Å²) in [5.74, 6) is 1.74. The Kier molecular flexibility index (Phi) is 7.01. The summed E-state index contributed by atoms with van der Waals surface area (Å²) < 4.78 is 16.9. The summed E-state index contributed by atoms with van der Waals surface area (Å²) in [5, 5.41) is 0. The normalized spacial score (nSPS) is 12.6. The van der Waals surface area contributed by atoms with Gasteiger partial charge in [-0.1, -0.05) is 64.5 Å². The van der Waals surface area contributed by atoms with E-state index in [2.05, 4.69) is 156 Å². The predicted octanol–water partition coefficient (Wildman–Crippen LogP) is 9.07. The van der Waals surface area contributed by atoms with Gasteiger partial charge in [0.05, 0.1) is 7.14 Å². The van der Waals surface area contributed by atoms with Gasteiger partial charge in [-0.05, 0) is 125 Å². The van der Waals surface area contributed by atoms with Crippen LogP contribution in [-0.4, -0.2) is 0 Å². The quantitative estimate of drug-likeness (QED) is 0.165. The van der Waals surface area contributed by atoms with Gasteiger partial charge >= 0.3 is 0 Å². The highest BCUT2D eigenvalue weighted by atomic mass is 127. The third-order valence-corrected chi connectivity index (χ3v) is 8.71. The van der Waals surface area contributed by atoms with Crippen molar-refractivity contribution in [1.82, 2.24) is 0 Å². The minimum Gasteiger partial charge on any atom is -0.488 e. The number of hydrogen-bond donors (Lipinski definition) is 0. The molecule has 0 fully saturated rings. The summed E-state index contributed by atoms with van der Waals surface area (Å²) in [7, 11) is 0. The minimum atomic E-state index is 0.497. The fraction of sp³-hybridized carbons (Fsp3) is 0.0769. The van der Waals surface area contributed by atoms with Crippen LogP contribution in [0.4, 0.5) is 0 Å². The van der Waals surface area contributed by atoms with Crippen LogP contribution >= 0.6 is 83.7 Å². The number of benzene rings is 4. The van der Waals surface area contributed by atoms with Crippen molar-refractivity contribution in [3.8, 4) is 33.8 Å². The third-order valence-electron chi connectivity index (χ3n) is 5.41. The molecule has 0 spiro atoms. The van der Waals surface area contributed by atoms with E-state index in [0.717, 1.165) is 34.2 Å². The molecule has 0 atom stereocenters. The smallest absolute Gasteiger partial charge is 0.134 e. The molecule has 0 unspecified atom stereocenters. The number of halogens is 4. The zero-order chi connectivity index (χ0) is 22.2. The van der Waals surface area contributed by atoms with E-state index in [0.29, 0.717) is 13.2 Å². The molecule has 6 rings (SSSR count). The highest BCUT2D eigenvalue weighted by molar-refractivity contribution is 14.1. The first-order chi connectivity index (χ1) is 15.5. The van der Waals surface area contributed by atoms with Gasteiger partial charge in [0, 0.05) is 8.04 Å². The molecule has 0 radical (unpaired) electrons. The van der Waals surface area contributed by atoms with E-state index < -0.39 is 0 Å². The molecule has 0 aromatic heterocycles. The SMILES string of the molecule is Brc1cc2c(I)c(c1)-c1ccccc1COc1cc(I)c(cc1I)OCc1ccccc1-2. The Morgan fingerprint density at radius 1 is 0.594 bits per heavy atom. The Labute approximate surface area is 236 Å². The maximum Gasteiger partial charge on any atom is 0.134 e. The Balaban J connectivity index is 1.78. The third kappa shape index (κ3) is 4.56. The summed E-state index contributed by atoms with van der Waals surface area (Å²) in [5.41, 5.74) is 7.07. The van der Waals surface area contributed by atoms with Gasteiger partial charge in [-0.15, -0.1) is 0 Å². The van der Waals surface area contributed by atoms with Crippen molar-refractivity contribution < 1.29 is 9.47 Å². The van der Waals surface area contributed by atoms with Crippen LogP contribution in [0.1, 0.15) is 11.1 Å². The molecule has 4 aromatic rings. The first-order valence-corrected chi connectivity index (χ1v) is 13.9. The van der Waals surface area contributed by atoms with E-state index in [1.165, 1.54) is 25.8 Å². The molecule has 2 heterocycles. The molecular formula is C26H16BrI3O2. The Bertz CT molecular complexity index is 1240. The Morgan fingerprint density at radius 2 is 1.03 bits per heavy atom. The van der Waals surface area contributed by atoms with Crippen LogP contribution in [0.25, 0.3) is 22.3 Å². The zero-order valence-electron chi connectivity index (χ0n) is 16.7. The summed E-state index contributed by atoms with van der Waals surface area (Å²) in [4.78, 5) is 0. The summed E-state index contributed by atoms with van der Waals surface area (Å²) in [6, 6.07) is 25.5. The molecule has 160 valence electrons. The molecule has 32 heavy (non-hydrogen) atoms. The van der Waals surface area contributed by atoms with E-state index in [4.69, 9.17) is 9.47 Å². The highest BCUT2D eigenvalue weighted by Crippen LogP contribution is 2.40. The van der Waals surface area contributed by atoms with Crippen molar-refractivity contribution in [3.63, 3.8) is 0 Å². The molecule has 0 saturated carbocycles. The monoisotopic (exact) mass is 820 g/mol. The van der Waals surface area contributed by atoms with Gasteiger partial charge in [0.1, 0.15) is 24.7 Å². The summed E-state index contributed by atoms with van der Waals surface area (Å²) in [6.07, 6.45) is 0. The molecule has 0 saturated heterocycles. The summed E-state index contributed by atoms with van der Waals surface area (Å²) >= 11 is 10.9. The van der Waals surface area contributed by atoms with Gasteiger partial charge in [-0.2, -0.15) is 0 Å². The number of ether oxygens (including phenoxy) is 2. The van der Waals surface area contributed by atoms with Crippen molar-refractivity contribution in [3.05, 3.63) is 99.1 Å². The largest absolute Gasteiger partial charge is 0.488 e. The van der Waals surface area contributed by atoms with E-state index >= 15 is 0 Å². The molecule has 6 heteroatoms. The molecule has 2 aliphatic rings. The van der Waals surface area contributed by atoms with Crippen molar-refractivity contribution in [2.75, 3.05) is 0 Å². The van der Waals surface area contributed by atoms with Gasteiger partial charge in [0.15, 0.2) is 0 Å². The van der Waals surface area contributed by atoms with Crippen molar-refractivity contribution >= 4 is 83.7 Å². The molecule has 4 aromatic carbocycles. The molecule has 0 N–H and O–H groups in total. The standard InChI is InChI=1S/C26H16BrI3O2/c27-17-9-20-18-7-3-1-5-15(18)13-31-24-11-23(29)25(12-22(24)28)32-14-16-6-2-4-8-19(16)21(10-17)26(20)30/h1-12H,13-14H2. The molecule has 0 aliphatic carbocycles. The Hall–Kier alpha value is -0.850. The van der Waals surface area contributed by atoms with E-state index in [1.807, 2.05) is 0 Å². The topological polar surface area (TPSA) is 18.5 Å². The van der Waals surface area contributed by atoms with Crippen LogP contribution in [0.3, 0.4) is 0 Å². The lowest BCUT2D eigenvalue weighted by molar-refractivity contribution is 0.294. The Morgan fingerprint density at radius 3 is 1.50 bits per heavy atom. The average Bonchev–Trinajstić information content (AvgIpc) is 2.80. The maximum absolute atomic E-state index is 6.29. The second-order valence-electron chi connectivity index (χ2n) is 7.42. The van der Waals surface area contributed by atoms with Crippen molar-refractivity contribution in [2.45, 2.75) is 13.2 Å². The second kappa shape index (κ2) is 9.79. The summed E-state index contributed by atoms with van der Waals surface area (Å²) in [6.45, 7) is 0.994. The molecule has 2 aliphatic heterocycles. The molecule has 2 nitrogen and oxygen atoms in total. The van der Waals surface area contributed by atoms with Gasteiger partial charge in [-0.25, -0.2) is 0 Å². The van der Waals surface area contributed by atoms with Gasteiger partial charge in [-0.3, -0.25) is 0 Å². The first kappa shape index (κ1) is 22.9. The predicted molar refractivity (Wildman–Crippen MR) is 158 cm³/mol. The maximum atomic E-state index is 6.29. The van der Waals surface area contributed by atoms with E-state index in [9.17, 15) is 0 Å². The second-order valence-corrected chi connectivity index (χ2v) is 11.7. The van der Waals surface area contributed by atoms with Crippen LogP contribution in [0, 0.1) is 10.7 Å². The average molecular weight is 821 g/mol. The number of hydrogen-bond acceptors (Lipinski definition) is 2. The number of fused-ring (bicyclic) bond motifs is 4. The van der Waals surface area contributed by atoms with Crippen LogP contribution in [0.15, 0.2) is 77.3 Å². The fourth-order valence-electron chi connectivity index (χ4n) is 3.84. The minimum absolute atomic E-state index is 0.497. The van der Waals surface area contributed by atoms with E-state index in [-0.39, 0.29) is 0 Å². The lowest BCUT2D eigenvalue weighted by Crippen LogP contribution is -2.02. The van der Waals surface area contributed by atoms with E-state index in [1.54, 1.807) is 0 Å². The van der Waals surface area contributed by atoms with Crippen LogP contribution in [-0.2, 0) is 13.2 Å². The van der Waals surface area contributed by atoms with Crippen molar-refractivity contribution in [1.29, 1.82) is 0 Å². The molecule has 4 bridgehead atoms. The zero-order valence-corrected chi connectivity index (χ0v) is 24.7. The fourth-order valence-corrected chi connectivity index (χ4v) is 6.38. The van der Waals surface area contributed by atoms with Crippen LogP contribution in [0.5, 0.6) is 11.5 Å².